The van der Waals surface area contributed by atoms with E-state index in [1.807, 2.05) is 60.7 Å². The zero-order chi connectivity index (χ0) is 31.9. The lowest BCUT2D eigenvalue weighted by Crippen LogP contribution is -2.35. The Morgan fingerprint density at radius 1 is 1.07 bits per heavy atom. The Kier molecular flexibility index (Phi) is 9.89. The van der Waals surface area contributed by atoms with Crippen LogP contribution in [0.1, 0.15) is 60.5 Å². The van der Waals surface area contributed by atoms with Crippen LogP contribution < -0.4 is 15.5 Å². The Morgan fingerprint density at radius 3 is 2.51 bits per heavy atom. The van der Waals surface area contributed by atoms with Crippen LogP contribution in [0.25, 0.3) is 11.0 Å². The van der Waals surface area contributed by atoms with Gasteiger partial charge in [0.25, 0.3) is 5.91 Å². The number of anilines is 1. The summed E-state index contributed by atoms with van der Waals surface area (Å²) in [5, 5.41) is 14.2. The molecule has 3 N–H and O–H groups in total. The second kappa shape index (κ2) is 14.2. The molecule has 1 aliphatic rings. The predicted molar refractivity (Wildman–Crippen MR) is 172 cm³/mol. The van der Waals surface area contributed by atoms with Gasteiger partial charge in [-0.1, -0.05) is 42.5 Å². The molecule has 11 heteroatoms. The first-order chi connectivity index (χ1) is 21.7. The summed E-state index contributed by atoms with van der Waals surface area (Å²) < 4.78 is 12.3. The molecule has 1 aliphatic heterocycles. The third-order valence-corrected chi connectivity index (χ3v) is 7.47. The summed E-state index contributed by atoms with van der Waals surface area (Å²) in [6.45, 7) is 7.26. The van der Waals surface area contributed by atoms with Gasteiger partial charge in [0.15, 0.2) is 0 Å². The number of alkyl carbamates (subject to hydrolysis) is 1. The molecule has 1 aromatic heterocycles. The minimum absolute atomic E-state index is 0.0261. The number of hydrogen-bond acceptors (Lipinski definition) is 8. The van der Waals surface area contributed by atoms with Crippen LogP contribution in [0.3, 0.4) is 0 Å². The van der Waals surface area contributed by atoms with Crippen LogP contribution in [0.4, 0.5) is 10.5 Å². The van der Waals surface area contributed by atoms with Gasteiger partial charge in [-0.2, -0.15) is 0 Å². The second-order valence-electron chi connectivity index (χ2n) is 11.0. The monoisotopic (exact) mass is 610 g/mol. The van der Waals surface area contributed by atoms with Crippen molar-refractivity contribution < 1.29 is 23.9 Å². The van der Waals surface area contributed by atoms with Crippen molar-refractivity contribution in [2.24, 2.45) is 0 Å². The molecule has 4 aromatic rings. The van der Waals surface area contributed by atoms with E-state index < -0.39 is 6.09 Å². The topological polar surface area (TPSA) is 139 Å². The van der Waals surface area contributed by atoms with Gasteiger partial charge in [0.1, 0.15) is 11.7 Å². The first kappa shape index (κ1) is 31.4. The fraction of sp³-hybridized carbons (Fsp3) is 0.324. The number of rotatable bonds is 10. The molecule has 0 spiro atoms. The standard InChI is InChI=1S/C34H38N6O5/c1-4-44-30(41)16-18-39(26-8-6-5-7-9-26)33(42)25-14-15-29-27(21-25)37-32-28(36-17-19-40(29)32)20-23-10-12-24(13-11-23)31(35)38-34(43)45-22(2)3/h5-15,21-22,28,36H,4,16-20H2,1-3H3,(H2,35,38,43). The normalized spacial score (nSPS) is 14.1. The van der Waals surface area contributed by atoms with Crippen LogP contribution in [-0.4, -0.2) is 59.2 Å². The summed E-state index contributed by atoms with van der Waals surface area (Å²) in [5.41, 5.74) is 4.49. The van der Waals surface area contributed by atoms with Crippen LogP contribution in [0.15, 0.2) is 72.8 Å². The first-order valence-corrected chi connectivity index (χ1v) is 15.1. The molecule has 0 saturated heterocycles. The number of carbonyl (C=O) groups is 3. The van der Waals surface area contributed by atoms with Gasteiger partial charge in [0.05, 0.1) is 36.2 Å². The molecular weight excluding hydrogens is 572 g/mol. The number of ether oxygens (including phenoxy) is 2. The van der Waals surface area contributed by atoms with E-state index in [4.69, 9.17) is 19.9 Å². The van der Waals surface area contributed by atoms with Crippen LogP contribution >= 0.6 is 0 Å². The highest BCUT2D eigenvalue weighted by atomic mass is 16.6. The highest BCUT2D eigenvalue weighted by molar-refractivity contribution is 6.08. The number of benzene rings is 3. The van der Waals surface area contributed by atoms with E-state index >= 15 is 0 Å². The number of nitrogens with zero attached hydrogens (tertiary/aromatic N) is 3. The molecule has 0 saturated carbocycles. The Balaban J connectivity index is 1.33. The number of nitrogens with one attached hydrogen (secondary N) is 3. The van der Waals surface area contributed by atoms with Crippen molar-refractivity contribution >= 4 is 40.5 Å². The average molecular weight is 611 g/mol. The highest BCUT2D eigenvalue weighted by Crippen LogP contribution is 2.28. The van der Waals surface area contributed by atoms with E-state index in [1.165, 1.54) is 0 Å². The third kappa shape index (κ3) is 7.55. The number of carbonyl (C=O) groups excluding carboxylic acids is 3. The molecule has 2 amide bonds. The maximum Gasteiger partial charge on any atom is 0.413 e. The van der Waals surface area contributed by atoms with E-state index in [0.29, 0.717) is 29.8 Å². The van der Waals surface area contributed by atoms with E-state index in [0.717, 1.165) is 35.5 Å². The summed E-state index contributed by atoms with van der Waals surface area (Å²) >= 11 is 0. The Labute approximate surface area is 262 Å². The lowest BCUT2D eigenvalue weighted by atomic mass is 10.0. The van der Waals surface area contributed by atoms with Crippen molar-refractivity contribution in [1.29, 1.82) is 5.41 Å². The SMILES string of the molecule is CCOC(=O)CCN(C(=O)c1ccc2c(c1)nc1n2CCNC1Cc1ccc(C(=N)NC(=O)OC(C)C)cc1)c1ccccc1. The van der Waals surface area contributed by atoms with Crippen molar-refractivity contribution in [2.75, 3.05) is 24.6 Å². The summed E-state index contributed by atoms with van der Waals surface area (Å²) in [6, 6.07) is 22.3. The van der Waals surface area contributed by atoms with Crippen molar-refractivity contribution in [3.8, 4) is 0 Å². The number of hydrogen-bond donors (Lipinski definition) is 3. The van der Waals surface area contributed by atoms with Crippen LogP contribution in [0.2, 0.25) is 0 Å². The van der Waals surface area contributed by atoms with Gasteiger partial charge in [0, 0.05) is 36.4 Å². The highest BCUT2D eigenvalue weighted by Gasteiger charge is 2.26. The second-order valence-corrected chi connectivity index (χ2v) is 11.0. The van der Waals surface area contributed by atoms with Gasteiger partial charge in [-0.15, -0.1) is 0 Å². The molecule has 234 valence electrons. The van der Waals surface area contributed by atoms with Gasteiger partial charge >= 0.3 is 12.1 Å². The minimum atomic E-state index is -0.654. The minimum Gasteiger partial charge on any atom is -0.466 e. The molecule has 2 heterocycles. The smallest absolute Gasteiger partial charge is 0.413 e. The summed E-state index contributed by atoms with van der Waals surface area (Å²) in [5.74, 6) is 0.295. The Bertz CT molecular complexity index is 1680. The van der Waals surface area contributed by atoms with Crippen molar-refractivity contribution in [1.82, 2.24) is 20.2 Å². The maximum atomic E-state index is 13.8. The van der Waals surface area contributed by atoms with Crippen LogP contribution in [-0.2, 0) is 27.2 Å². The quantitative estimate of drug-likeness (QED) is 0.131. The van der Waals surface area contributed by atoms with Crippen molar-refractivity contribution in [3.63, 3.8) is 0 Å². The van der Waals surface area contributed by atoms with Crippen LogP contribution in [0, 0.1) is 5.41 Å². The van der Waals surface area contributed by atoms with Gasteiger partial charge in [0.2, 0.25) is 0 Å². The molecule has 0 aliphatic carbocycles. The molecular formula is C34H38N6O5. The third-order valence-electron chi connectivity index (χ3n) is 7.47. The predicted octanol–water partition coefficient (Wildman–Crippen LogP) is 4.98. The summed E-state index contributed by atoms with van der Waals surface area (Å²) in [6.07, 6.45) is -0.169. The lowest BCUT2D eigenvalue weighted by molar-refractivity contribution is -0.142. The summed E-state index contributed by atoms with van der Waals surface area (Å²) in [7, 11) is 0. The first-order valence-electron chi connectivity index (χ1n) is 15.1. The van der Waals surface area contributed by atoms with Gasteiger partial charge < -0.3 is 24.3 Å². The van der Waals surface area contributed by atoms with Gasteiger partial charge in [-0.25, -0.2) is 9.78 Å². The molecule has 1 atom stereocenters. The molecule has 11 nitrogen and oxygen atoms in total. The van der Waals surface area contributed by atoms with E-state index in [2.05, 4.69) is 15.2 Å². The fourth-order valence-corrected chi connectivity index (χ4v) is 5.40. The lowest BCUT2D eigenvalue weighted by Gasteiger charge is -2.25. The maximum absolute atomic E-state index is 13.8. The number of amidine groups is 1. The molecule has 5 rings (SSSR count). The zero-order valence-electron chi connectivity index (χ0n) is 25.7. The molecule has 0 bridgehead atoms. The number of imidazole rings is 1. The number of esters is 1. The molecule has 45 heavy (non-hydrogen) atoms. The number of para-hydroxylation sites is 1. The zero-order valence-corrected chi connectivity index (χ0v) is 25.7. The van der Waals surface area contributed by atoms with Crippen molar-refractivity contribution in [2.45, 2.75) is 52.3 Å². The largest absolute Gasteiger partial charge is 0.466 e. The fourth-order valence-electron chi connectivity index (χ4n) is 5.40. The number of fused-ring (bicyclic) bond motifs is 3. The Hall–Kier alpha value is -5.03. The molecule has 3 aromatic carbocycles. The molecule has 0 fully saturated rings. The van der Waals surface area contributed by atoms with Gasteiger partial charge in [-0.05, 0) is 63.1 Å². The summed E-state index contributed by atoms with van der Waals surface area (Å²) in [4.78, 5) is 44.3. The van der Waals surface area contributed by atoms with Crippen molar-refractivity contribution in [3.05, 3.63) is 95.3 Å². The molecule has 1 unspecified atom stereocenters. The van der Waals surface area contributed by atoms with E-state index in [-0.39, 0.29) is 42.8 Å². The van der Waals surface area contributed by atoms with E-state index in [9.17, 15) is 14.4 Å². The number of amides is 2. The molecule has 0 radical (unpaired) electrons. The van der Waals surface area contributed by atoms with E-state index in [1.54, 1.807) is 37.8 Å². The van der Waals surface area contributed by atoms with Crippen LogP contribution in [0.5, 0.6) is 0 Å². The van der Waals surface area contributed by atoms with Gasteiger partial charge in [-0.3, -0.25) is 20.3 Å². The number of aromatic nitrogens is 2. The Morgan fingerprint density at radius 2 is 1.80 bits per heavy atom. The average Bonchev–Trinajstić information content (AvgIpc) is 3.40.